The monoisotopic (exact) mass is 222 g/mol. The van der Waals surface area contributed by atoms with Crippen molar-refractivity contribution in [2.75, 3.05) is 11.9 Å². The number of halogens is 1. The van der Waals surface area contributed by atoms with Crippen molar-refractivity contribution >= 4 is 23.1 Å². The molecule has 1 aliphatic heterocycles. The highest BCUT2D eigenvalue weighted by molar-refractivity contribution is 6.33. The van der Waals surface area contributed by atoms with Crippen LogP contribution in [0.1, 0.15) is 25.7 Å². The minimum Gasteiger partial charge on any atom is -0.343 e. The van der Waals surface area contributed by atoms with Crippen LogP contribution in [0.3, 0.4) is 0 Å². The third kappa shape index (κ3) is 2.96. The Kier molecular flexibility index (Phi) is 3.62. The van der Waals surface area contributed by atoms with Gasteiger partial charge in [-0.05, 0) is 25.0 Å². The summed E-state index contributed by atoms with van der Waals surface area (Å²) < 4.78 is 0. The summed E-state index contributed by atoms with van der Waals surface area (Å²) >= 11 is 6.07. The lowest BCUT2D eigenvalue weighted by Crippen LogP contribution is -2.11. The molecule has 2 rings (SSSR count). The average molecular weight is 223 g/mol. The van der Waals surface area contributed by atoms with Gasteiger partial charge in [0.15, 0.2) is 0 Å². The van der Waals surface area contributed by atoms with E-state index in [0.717, 1.165) is 29.5 Å². The molecule has 80 valence electrons. The third-order valence-electron chi connectivity index (χ3n) is 2.53. The van der Waals surface area contributed by atoms with Crippen LogP contribution >= 0.6 is 11.6 Å². The second kappa shape index (κ2) is 5.17. The van der Waals surface area contributed by atoms with Crippen LogP contribution in [-0.2, 0) is 0 Å². The number of rotatable bonds is 1. The van der Waals surface area contributed by atoms with Crippen LogP contribution in [0, 0.1) is 0 Å². The number of hydrogen-bond acceptors (Lipinski definition) is 2. The molecule has 0 spiro atoms. The van der Waals surface area contributed by atoms with E-state index < -0.39 is 0 Å². The van der Waals surface area contributed by atoms with E-state index >= 15 is 0 Å². The second-order valence-corrected chi connectivity index (χ2v) is 4.15. The van der Waals surface area contributed by atoms with Crippen molar-refractivity contribution in [3.8, 4) is 0 Å². The van der Waals surface area contributed by atoms with Crippen LogP contribution in [-0.4, -0.2) is 12.4 Å². The molecule has 3 heteroatoms. The highest BCUT2D eigenvalue weighted by Gasteiger charge is 2.05. The first-order valence-corrected chi connectivity index (χ1v) is 5.79. The normalized spacial score (nSPS) is 16.7. The molecule has 1 aliphatic rings. The number of nitrogens with one attached hydrogen (secondary N) is 1. The predicted octanol–water partition coefficient (Wildman–Crippen LogP) is 3.72. The zero-order chi connectivity index (χ0) is 10.5. The maximum Gasteiger partial charge on any atom is 0.101 e. The summed E-state index contributed by atoms with van der Waals surface area (Å²) in [5, 5.41) is 4.06. The number of benzene rings is 1. The first-order chi connectivity index (χ1) is 7.36. The van der Waals surface area contributed by atoms with E-state index in [9.17, 15) is 0 Å². The molecular weight excluding hydrogens is 208 g/mol. The lowest BCUT2D eigenvalue weighted by atomic mass is 10.2. The molecule has 0 bridgehead atoms. The highest BCUT2D eigenvalue weighted by atomic mass is 35.5. The van der Waals surface area contributed by atoms with Gasteiger partial charge >= 0.3 is 0 Å². The molecule has 0 atom stereocenters. The minimum atomic E-state index is 0.754. The van der Waals surface area contributed by atoms with Gasteiger partial charge in [-0.1, -0.05) is 30.2 Å². The first-order valence-electron chi connectivity index (χ1n) is 5.41. The van der Waals surface area contributed by atoms with E-state index in [4.69, 9.17) is 11.6 Å². The largest absolute Gasteiger partial charge is 0.343 e. The number of anilines is 1. The number of nitrogens with zero attached hydrogens (tertiary/aromatic N) is 1. The quantitative estimate of drug-likeness (QED) is 0.770. The van der Waals surface area contributed by atoms with E-state index in [1.54, 1.807) is 0 Å². The number of amidine groups is 1. The van der Waals surface area contributed by atoms with Gasteiger partial charge in [0, 0.05) is 13.0 Å². The van der Waals surface area contributed by atoms with Gasteiger partial charge in [-0.15, -0.1) is 0 Å². The molecular formula is C12H15ClN2. The molecule has 1 aromatic rings. The molecule has 0 saturated carbocycles. The Morgan fingerprint density at radius 1 is 1.13 bits per heavy atom. The van der Waals surface area contributed by atoms with Gasteiger partial charge in [-0.2, -0.15) is 0 Å². The lowest BCUT2D eigenvalue weighted by molar-refractivity contribution is 0.731. The molecule has 0 radical (unpaired) electrons. The van der Waals surface area contributed by atoms with Crippen LogP contribution in [0.4, 0.5) is 5.69 Å². The van der Waals surface area contributed by atoms with Crippen LogP contribution in [0.2, 0.25) is 5.02 Å². The van der Waals surface area contributed by atoms with Gasteiger partial charge in [-0.25, -0.2) is 0 Å². The fourth-order valence-corrected chi connectivity index (χ4v) is 1.88. The SMILES string of the molecule is Clc1ccccc1NC1=NCCCCC1. The van der Waals surface area contributed by atoms with Crippen LogP contribution in [0.15, 0.2) is 29.3 Å². The smallest absolute Gasteiger partial charge is 0.101 e. The third-order valence-corrected chi connectivity index (χ3v) is 2.86. The molecule has 15 heavy (non-hydrogen) atoms. The molecule has 0 fully saturated rings. The fourth-order valence-electron chi connectivity index (χ4n) is 1.69. The van der Waals surface area contributed by atoms with E-state index in [1.807, 2.05) is 24.3 Å². The second-order valence-electron chi connectivity index (χ2n) is 3.74. The van der Waals surface area contributed by atoms with Gasteiger partial charge in [0.1, 0.15) is 5.84 Å². The van der Waals surface area contributed by atoms with Gasteiger partial charge in [0.05, 0.1) is 10.7 Å². The van der Waals surface area contributed by atoms with E-state index in [1.165, 1.54) is 19.3 Å². The van der Waals surface area contributed by atoms with Crippen molar-refractivity contribution in [2.45, 2.75) is 25.7 Å². The van der Waals surface area contributed by atoms with E-state index in [0.29, 0.717) is 0 Å². The fraction of sp³-hybridized carbons (Fsp3) is 0.417. The maximum absolute atomic E-state index is 6.07. The highest BCUT2D eigenvalue weighted by Crippen LogP contribution is 2.21. The van der Waals surface area contributed by atoms with Crippen molar-refractivity contribution < 1.29 is 0 Å². The maximum atomic E-state index is 6.07. The number of hydrogen-bond donors (Lipinski definition) is 1. The molecule has 0 amide bonds. The lowest BCUT2D eigenvalue weighted by Gasteiger charge is -2.09. The van der Waals surface area contributed by atoms with E-state index in [2.05, 4.69) is 10.3 Å². The van der Waals surface area contributed by atoms with Crippen LogP contribution in [0.5, 0.6) is 0 Å². The first kappa shape index (κ1) is 10.5. The molecule has 0 unspecified atom stereocenters. The van der Waals surface area contributed by atoms with Crippen LogP contribution < -0.4 is 5.32 Å². The van der Waals surface area contributed by atoms with Crippen LogP contribution in [0.25, 0.3) is 0 Å². The standard InChI is InChI=1S/C12H15ClN2/c13-10-6-3-4-7-11(10)15-12-8-2-1-5-9-14-12/h3-4,6-7H,1-2,5,8-9H2,(H,14,15). The van der Waals surface area contributed by atoms with Crippen molar-refractivity contribution in [3.63, 3.8) is 0 Å². The Balaban J connectivity index is 2.07. The Bertz CT molecular complexity index is 360. The molecule has 1 heterocycles. The van der Waals surface area contributed by atoms with Gasteiger partial charge in [-0.3, -0.25) is 4.99 Å². The van der Waals surface area contributed by atoms with Gasteiger partial charge < -0.3 is 5.32 Å². The molecule has 0 saturated heterocycles. The van der Waals surface area contributed by atoms with Crippen molar-refractivity contribution in [2.24, 2.45) is 4.99 Å². The summed E-state index contributed by atoms with van der Waals surface area (Å²) in [5.74, 6) is 1.07. The van der Waals surface area contributed by atoms with Crippen molar-refractivity contribution in [1.29, 1.82) is 0 Å². The molecule has 1 N–H and O–H groups in total. The number of para-hydroxylation sites is 1. The topological polar surface area (TPSA) is 24.4 Å². The zero-order valence-electron chi connectivity index (χ0n) is 8.67. The summed E-state index contributed by atoms with van der Waals surface area (Å²) in [4.78, 5) is 4.51. The minimum absolute atomic E-state index is 0.754. The van der Waals surface area contributed by atoms with E-state index in [-0.39, 0.29) is 0 Å². The number of aliphatic imine (C=N–C) groups is 1. The Morgan fingerprint density at radius 3 is 2.87 bits per heavy atom. The van der Waals surface area contributed by atoms with Gasteiger partial charge in [0.25, 0.3) is 0 Å². The molecule has 1 aromatic carbocycles. The molecule has 0 aromatic heterocycles. The summed E-state index contributed by atoms with van der Waals surface area (Å²) in [6.45, 7) is 0.937. The van der Waals surface area contributed by atoms with Crippen molar-refractivity contribution in [1.82, 2.24) is 0 Å². The predicted molar refractivity (Wildman–Crippen MR) is 65.8 cm³/mol. The summed E-state index contributed by atoms with van der Waals surface area (Å²) in [6, 6.07) is 7.78. The summed E-state index contributed by atoms with van der Waals surface area (Å²) in [6.07, 6.45) is 4.73. The summed E-state index contributed by atoms with van der Waals surface area (Å²) in [5.41, 5.74) is 0.958. The molecule has 2 nitrogen and oxygen atoms in total. The molecule has 0 aliphatic carbocycles. The Morgan fingerprint density at radius 2 is 2.00 bits per heavy atom. The Hall–Kier alpha value is -1.02. The average Bonchev–Trinajstić information content (AvgIpc) is 2.50. The zero-order valence-corrected chi connectivity index (χ0v) is 9.43. The summed E-state index contributed by atoms with van der Waals surface area (Å²) in [7, 11) is 0. The Labute approximate surface area is 95.4 Å². The van der Waals surface area contributed by atoms with Crippen molar-refractivity contribution in [3.05, 3.63) is 29.3 Å². The van der Waals surface area contributed by atoms with Gasteiger partial charge in [0.2, 0.25) is 0 Å².